The van der Waals surface area contributed by atoms with Gasteiger partial charge in [0, 0.05) is 25.7 Å². The highest BCUT2D eigenvalue weighted by Crippen LogP contribution is 2.49. The van der Waals surface area contributed by atoms with Gasteiger partial charge in [0.2, 0.25) is 11.7 Å². The molecule has 2 amide bonds. The lowest BCUT2D eigenvalue weighted by atomic mass is 9.91. The van der Waals surface area contributed by atoms with Gasteiger partial charge in [0.1, 0.15) is 0 Å². The number of likely N-dealkylation sites (tertiary alicyclic amines) is 1. The number of nitrogens with zero attached hydrogens (tertiary/aromatic N) is 4. The zero-order chi connectivity index (χ0) is 24.0. The minimum absolute atomic E-state index is 0.144. The van der Waals surface area contributed by atoms with Gasteiger partial charge in [0.25, 0.3) is 5.91 Å². The van der Waals surface area contributed by atoms with Gasteiger partial charge in [0.15, 0.2) is 5.65 Å². The Kier molecular flexibility index (Phi) is 5.53. The molecule has 0 radical (unpaired) electrons. The van der Waals surface area contributed by atoms with Gasteiger partial charge in [-0.3, -0.25) is 14.0 Å². The van der Waals surface area contributed by atoms with Crippen LogP contribution in [0.15, 0.2) is 42.6 Å². The fourth-order valence-corrected chi connectivity index (χ4v) is 5.33. The van der Waals surface area contributed by atoms with Crippen LogP contribution in [0.1, 0.15) is 53.8 Å². The second-order valence-electron chi connectivity index (χ2n) is 9.05. The van der Waals surface area contributed by atoms with Crippen molar-refractivity contribution in [3.8, 4) is 0 Å². The highest BCUT2D eigenvalue weighted by atomic mass is 19.4. The van der Waals surface area contributed by atoms with Gasteiger partial charge in [0.05, 0.1) is 11.3 Å². The average Bonchev–Trinajstić information content (AvgIpc) is 3.51. The number of hydrogen-bond donors (Lipinski definition) is 1. The number of carbonyl (C=O) groups excluding carboxylic acids is 2. The van der Waals surface area contributed by atoms with Gasteiger partial charge in [-0.15, -0.1) is 10.2 Å². The minimum atomic E-state index is -4.37. The first-order chi connectivity index (χ1) is 16.2. The van der Waals surface area contributed by atoms with Gasteiger partial charge >= 0.3 is 6.18 Å². The molecule has 1 unspecified atom stereocenters. The summed E-state index contributed by atoms with van der Waals surface area (Å²) in [6, 6.07) is 9.18. The first kappa shape index (κ1) is 22.4. The molecule has 5 rings (SSSR count). The summed E-state index contributed by atoms with van der Waals surface area (Å²) in [7, 11) is 0. The molecule has 1 N–H and O–H groups in total. The molecule has 10 heteroatoms. The second-order valence-corrected chi connectivity index (χ2v) is 9.05. The molecule has 1 saturated carbocycles. The smallest absolute Gasteiger partial charge is 0.335 e. The number of halogens is 3. The number of fused-ring (bicyclic) bond motifs is 2. The largest absolute Gasteiger partial charge is 0.416 e. The molecule has 3 heterocycles. The molecule has 2 aromatic heterocycles. The number of aromatic nitrogens is 3. The van der Waals surface area contributed by atoms with Crippen molar-refractivity contribution in [1.29, 1.82) is 0 Å². The van der Waals surface area contributed by atoms with E-state index >= 15 is 0 Å². The summed E-state index contributed by atoms with van der Waals surface area (Å²) in [5.41, 5.74) is 0.819. The lowest BCUT2D eigenvalue weighted by Crippen LogP contribution is -2.31. The van der Waals surface area contributed by atoms with Gasteiger partial charge in [-0.25, -0.2) is 0 Å². The van der Waals surface area contributed by atoms with E-state index < -0.39 is 11.7 Å². The highest BCUT2D eigenvalue weighted by molar-refractivity contribution is 5.93. The van der Waals surface area contributed by atoms with E-state index in [-0.39, 0.29) is 35.4 Å². The number of anilines is 1. The summed E-state index contributed by atoms with van der Waals surface area (Å²) in [5.74, 6) is -0.129. The van der Waals surface area contributed by atoms with Gasteiger partial charge in [-0.1, -0.05) is 25.1 Å². The third-order valence-corrected chi connectivity index (χ3v) is 6.94. The predicted molar refractivity (Wildman–Crippen MR) is 118 cm³/mol. The maximum absolute atomic E-state index is 13.5. The van der Waals surface area contributed by atoms with E-state index in [1.54, 1.807) is 46.7 Å². The van der Waals surface area contributed by atoms with Crippen molar-refractivity contribution in [3.05, 3.63) is 59.5 Å². The summed E-state index contributed by atoms with van der Waals surface area (Å²) < 4.78 is 42.0. The summed E-state index contributed by atoms with van der Waals surface area (Å²) in [5, 5.41) is 10.9. The Hall–Kier alpha value is -3.43. The fourth-order valence-electron chi connectivity index (χ4n) is 5.33. The molecular formula is C24H24F3N5O2. The molecule has 3 aromatic rings. The molecule has 0 spiro atoms. The number of amides is 2. The van der Waals surface area contributed by atoms with Gasteiger partial charge in [-0.05, 0) is 54.4 Å². The van der Waals surface area contributed by atoms with Crippen molar-refractivity contribution in [2.45, 2.75) is 38.3 Å². The van der Waals surface area contributed by atoms with E-state index in [2.05, 4.69) is 15.5 Å². The van der Waals surface area contributed by atoms with Crippen LogP contribution >= 0.6 is 0 Å². The lowest BCUT2D eigenvalue weighted by Gasteiger charge is -2.21. The molecule has 1 aliphatic carbocycles. The monoisotopic (exact) mass is 471 g/mol. The molecule has 0 bridgehead atoms. The maximum atomic E-state index is 13.5. The van der Waals surface area contributed by atoms with Crippen LogP contribution in [0.25, 0.3) is 5.65 Å². The Balaban J connectivity index is 1.31. The van der Waals surface area contributed by atoms with E-state index in [0.717, 1.165) is 6.07 Å². The first-order valence-corrected chi connectivity index (χ1v) is 11.3. The van der Waals surface area contributed by atoms with Crippen LogP contribution in [0.4, 0.5) is 18.9 Å². The highest BCUT2D eigenvalue weighted by Gasteiger charge is 2.45. The molecule has 3 atom stereocenters. The summed E-state index contributed by atoms with van der Waals surface area (Å²) in [4.78, 5) is 26.7. The minimum Gasteiger partial charge on any atom is -0.335 e. The van der Waals surface area contributed by atoms with E-state index in [1.807, 2.05) is 0 Å². The second kappa shape index (κ2) is 8.41. The number of pyridine rings is 1. The van der Waals surface area contributed by atoms with E-state index in [9.17, 15) is 22.8 Å². The van der Waals surface area contributed by atoms with Crippen molar-refractivity contribution < 1.29 is 22.8 Å². The predicted octanol–water partition coefficient (Wildman–Crippen LogP) is 4.36. The Labute approximate surface area is 194 Å². The fraction of sp³-hybridized carbons (Fsp3) is 0.417. The van der Waals surface area contributed by atoms with E-state index in [0.29, 0.717) is 49.2 Å². The molecule has 2 fully saturated rings. The van der Waals surface area contributed by atoms with E-state index in [1.165, 1.54) is 6.07 Å². The summed E-state index contributed by atoms with van der Waals surface area (Å²) in [6.07, 6.45) is -1.18. The molecular weight excluding hydrogens is 447 g/mol. The van der Waals surface area contributed by atoms with Crippen molar-refractivity contribution in [3.63, 3.8) is 0 Å². The van der Waals surface area contributed by atoms with Crippen LogP contribution in [0.2, 0.25) is 0 Å². The number of benzene rings is 1. The lowest BCUT2D eigenvalue weighted by molar-refractivity contribution is -0.138. The molecule has 2 aliphatic rings. The van der Waals surface area contributed by atoms with Gasteiger partial charge in [-0.2, -0.15) is 13.2 Å². The van der Waals surface area contributed by atoms with Crippen LogP contribution in [0.5, 0.6) is 0 Å². The van der Waals surface area contributed by atoms with Crippen molar-refractivity contribution in [2.24, 2.45) is 11.8 Å². The third kappa shape index (κ3) is 4.01. The molecule has 178 valence electrons. The summed E-state index contributed by atoms with van der Waals surface area (Å²) in [6.45, 7) is 2.71. The Morgan fingerprint density at radius 2 is 1.76 bits per heavy atom. The van der Waals surface area contributed by atoms with Crippen molar-refractivity contribution >= 4 is 23.1 Å². The van der Waals surface area contributed by atoms with Crippen molar-refractivity contribution in [2.75, 3.05) is 18.4 Å². The van der Waals surface area contributed by atoms with Crippen molar-refractivity contribution in [1.82, 2.24) is 19.5 Å². The van der Waals surface area contributed by atoms with Crippen LogP contribution in [-0.2, 0) is 11.0 Å². The summed E-state index contributed by atoms with van der Waals surface area (Å²) >= 11 is 0. The maximum Gasteiger partial charge on any atom is 0.416 e. The molecule has 1 aromatic carbocycles. The zero-order valence-corrected chi connectivity index (χ0v) is 18.5. The van der Waals surface area contributed by atoms with Gasteiger partial charge < -0.3 is 10.2 Å². The first-order valence-electron chi connectivity index (χ1n) is 11.3. The molecule has 1 aliphatic heterocycles. The van der Waals surface area contributed by atoms with Crippen LogP contribution in [0, 0.1) is 11.8 Å². The SMILES string of the molecule is CCC(=O)Nc1ccc2nnc(C(=O)N3C[C@H]4CC(c5ccccc5C(F)(F)F)C[C@H]4C3)n2c1. The van der Waals surface area contributed by atoms with Crippen LogP contribution in [0.3, 0.4) is 0 Å². The third-order valence-electron chi connectivity index (χ3n) is 6.94. The molecule has 34 heavy (non-hydrogen) atoms. The number of hydrogen-bond acceptors (Lipinski definition) is 4. The Bertz CT molecular complexity index is 1240. The molecule has 7 nitrogen and oxygen atoms in total. The molecule has 1 saturated heterocycles. The normalized spacial score (nSPS) is 22.2. The average molecular weight is 471 g/mol. The number of carbonyl (C=O) groups is 2. The zero-order valence-electron chi connectivity index (χ0n) is 18.5. The Morgan fingerprint density at radius 1 is 1.06 bits per heavy atom. The standard InChI is InChI=1S/C24H24F3N5O2/c1-2-21(33)28-17-7-8-20-29-30-22(32(20)13-17)23(34)31-11-15-9-14(10-16(15)12-31)18-5-3-4-6-19(18)24(25,26)27/h3-8,13-16H,2,9-12H2,1H3,(H,28,33)/t14?,15-,16+. The number of rotatable bonds is 4. The topological polar surface area (TPSA) is 79.6 Å². The van der Waals surface area contributed by atoms with E-state index in [4.69, 9.17) is 0 Å². The Morgan fingerprint density at radius 3 is 2.44 bits per heavy atom. The van der Waals surface area contributed by atoms with Crippen LogP contribution < -0.4 is 5.32 Å². The number of nitrogens with one attached hydrogen (secondary N) is 1. The number of alkyl halides is 3. The quantitative estimate of drug-likeness (QED) is 0.613. The van der Waals surface area contributed by atoms with Crippen LogP contribution in [-0.4, -0.2) is 44.4 Å².